The van der Waals surface area contributed by atoms with Crippen LogP contribution >= 0.6 is 0 Å². The third kappa shape index (κ3) is 5.09. The first-order valence-electron chi connectivity index (χ1n) is 12.3. The Morgan fingerprint density at radius 2 is 1.90 bits per heavy atom. The maximum atomic E-state index is 12.5. The molecule has 3 aromatic rings. The van der Waals surface area contributed by atoms with Gasteiger partial charge in [0.25, 0.3) is 0 Å². The highest BCUT2D eigenvalue weighted by Crippen LogP contribution is 2.49. The number of hydrogen-bond acceptors (Lipinski definition) is 11. The Morgan fingerprint density at radius 1 is 1.10 bits per heavy atom. The van der Waals surface area contributed by atoms with Crippen LogP contribution in [0, 0.1) is 11.3 Å². The summed E-state index contributed by atoms with van der Waals surface area (Å²) in [5.41, 5.74) is -0.147. The van der Waals surface area contributed by atoms with Crippen molar-refractivity contribution >= 4 is 23.6 Å². The molecule has 2 saturated heterocycles. The molecule has 13 nitrogen and oxygen atoms in total. The molecule has 2 aliphatic rings. The van der Waals surface area contributed by atoms with Crippen molar-refractivity contribution in [1.29, 1.82) is 5.26 Å². The van der Waals surface area contributed by atoms with Crippen molar-refractivity contribution in [2.24, 2.45) is 0 Å². The normalized spacial score (nSPS) is 25.0. The first-order chi connectivity index (χ1) is 18.8. The third-order valence-corrected chi connectivity index (χ3v) is 6.29. The van der Waals surface area contributed by atoms with Crippen molar-refractivity contribution in [2.75, 3.05) is 18.5 Å². The Balaban J connectivity index is 1.41. The highest BCUT2D eigenvalue weighted by Gasteiger charge is 2.65. The highest BCUT2D eigenvalue weighted by molar-refractivity contribution is 5.88. The summed E-state index contributed by atoms with van der Waals surface area (Å²) in [6.07, 6.45) is -2.78. The molecule has 2 fully saturated rings. The molecule has 1 N–H and O–H groups in total. The van der Waals surface area contributed by atoms with Gasteiger partial charge in [0.1, 0.15) is 49.4 Å². The van der Waals surface area contributed by atoms with Crippen molar-refractivity contribution in [3.63, 3.8) is 0 Å². The van der Waals surface area contributed by atoms with Gasteiger partial charge in [0.05, 0.1) is 12.3 Å². The smallest absolute Gasteiger partial charge is 0.444 e. The summed E-state index contributed by atoms with van der Waals surface area (Å²) in [4.78, 5) is 28.5. The van der Waals surface area contributed by atoms with Crippen molar-refractivity contribution < 1.29 is 38.0 Å². The SMILES string of the molecule is CCOC(=O)OC[C@H]1O[C@@](C#N)(c2ccc3c(NC(=O)OCc4ccccc4)ncnn23)[C@@H]2OC(C)(C)O[C@@H]21. The first kappa shape index (κ1) is 26.4. The maximum Gasteiger partial charge on any atom is 0.508 e. The van der Waals surface area contributed by atoms with Crippen LogP contribution in [0.5, 0.6) is 0 Å². The summed E-state index contributed by atoms with van der Waals surface area (Å²) in [7, 11) is 0. The molecule has 5 rings (SSSR count). The number of hydrogen-bond donors (Lipinski definition) is 1. The van der Waals surface area contributed by atoms with Gasteiger partial charge in [-0.15, -0.1) is 0 Å². The van der Waals surface area contributed by atoms with Gasteiger partial charge in [0.2, 0.25) is 5.60 Å². The van der Waals surface area contributed by atoms with Crippen LogP contribution < -0.4 is 5.32 Å². The maximum absolute atomic E-state index is 12.5. The Labute approximate surface area is 223 Å². The number of nitriles is 1. The van der Waals surface area contributed by atoms with E-state index in [0.29, 0.717) is 11.2 Å². The van der Waals surface area contributed by atoms with E-state index in [1.807, 2.05) is 30.3 Å². The Kier molecular flexibility index (Phi) is 7.09. The number of rotatable bonds is 7. The fourth-order valence-electron chi connectivity index (χ4n) is 4.71. The minimum atomic E-state index is -1.69. The fourth-order valence-corrected chi connectivity index (χ4v) is 4.71. The van der Waals surface area contributed by atoms with E-state index in [1.165, 1.54) is 10.8 Å². The zero-order valence-corrected chi connectivity index (χ0v) is 21.5. The molecule has 4 atom stereocenters. The van der Waals surface area contributed by atoms with E-state index in [9.17, 15) is 14.9 Å². The average Bonchev–Trinajstić information content (AvgIpc) is 3.58. The number of amides is 1. The lowest BCUT2D eigenvalue weighted by atomic mass is 9.92. The number of aromatic nitrogens is 3. The predicted octanol–water partition coefficient (Wildman–Crippen LogP) is 3.29. The number of nitrogens with one attached hydrogen (secondary N) is 1. The van der Waals surface area contributed by atoms with Crippen LogP contribution in [0.25, 0.3) is 5.52 Å². The number of carbonyl (C=O) groups excluding carboxylic acids is 2. The molecule has 4 heterocycles. The second-order valence-corrected chi connectivity index (χ2v) is 9.33. The van der Waals surface area contributed by atoms with Gasteiger partial charge in [-0.05, 0) is 38.5 Å². The third-order valence-electron chi connectivity index (χ3n) is 6.29. The lowest BCUT2D eigenvalue weighted by Gasteiger charge is -2.28. The molecular formula is C26H27N5O8. The van der Waals surface area contributed by atoms with Crippen molar-refractivity contribution in [1.82, 2.24) is 14.6 Å². The van der Waals surface area contributed by atoms with Gasteiger partial charge >= 0.3 is 12.2 Å². The van der Waals surface area contributed by atoms with Crippen LogP contribution in [0.15, 0.2) is 48.8 Å². The van der Waals surface area contributed by atoms with Crippen molar-refractivity contribution in [2.45, 2.75) is 57.1 Å². The first-order valence-corrected chi connectivity index (χ1v) is 12.3. The molecule has 0 spiro atoms. The molecule has 0 radical (unpaired) electrons. The summed E-state index contributed by atoms with van der Waals surface area (Å²) in [6.45, 7) is 5.11. The van der Waals surface area contributed by atoms with Crippen molar-refractivity contribution in [3.05, 3.63) is 60.0 Å². The summed E-state index contributed by atoms with van der Waals surface area (Å²) in [6, 6.07) is 14.8. The van der Waals surface area contributed by atoms with E-state index in [-0.39, 0.29) is 25.6 Å². The van der Waals surface area contributed by atoms with Crippen LogP contribution in [-0.2, 0) is 40.6 Å². The van der Waals surface area contributed by atoms with Gasteiger partial charge in [-0.25, -0.2) is 19.1 Å². The monoisotopic (exact) mass is 537 g/mol. The molecule has 1 aromatic carbocycles. The Bertz CT molecular complexity index is 1400. The predicted molar refractivity (Wildman–Crippen MR) is 132 cm³/mol. The minimum Gasteiger partial charge on any atom is -0.444 e. The largest absolute Gasteiger partial charge is 0.508 e. The van der Waals surface area contributed by atoms with Gasteiger partial charge in [-0.2, -0.15) is 10.4 Å². The number of anilines is 1. The van der Waals surface area contributed by atoms with Crippen molar-refractivity contribution in [3.8, 4) is 6.07 Å². The molecule has 13 heteroatoms. The Morgan fingerprint density at radius 3 is 2.64 bits per heavy atom. The van der Waals surface area contributed by atoms with Crippen LogP contribution in [0.3, 0.4) is 0 Å². The number of carbonyl (C=O) groups is 2. The lowest BCUT2D eigenvalue weighted by Crippen LogP contribution is -2.40. The Hall–Kier alpha value is -4.25. The minimum absolute atomic E-state index is 0.0805. The van der Waals surface area contributed by atoms with E-state index >= 15 is 0 Å². The molecule has 0 aliphatic carbocycles. The molecule has 204 valence electrons. The molecule has 0 saturated carbocycles. The van der Waals surface area contributed by atoms with Gasteiger partial charge in [0.15, 0.2) is 11.6 Å². The molecule has 39 heavy (non-hydrogen) atoms. The van der Waals surface area contributed by atoms with Gasteiger partial charge < -0.3 is 28.4 Å². The summed E-state index contributed by atoms with van der Waals surface area (Å²) in [5, 5.41) is 17.4. The summed E-state index contributed by atoms with van der Waals surface area (Å²) in [5.74, 6) is -0.858. The quantitative estimate of drug-likeness (QED) is 0.441. The van der Waals surface area contributed by atoms with E-state index in [0.717, 1.165) is 5.56 Å². The second kappa shape index (κ2) is 10.5. The zero-order chi connectivity index (χ0) is 27.6. The van der Waals surface area contributed by atoms with Crippen LogP contribution in [0.2, 0.25) is 0 Å². The number of ether oxygens (including phenoxy) is 6. The number of benzene rings is 1. The van der Waals surface area contributed by atoms with Crippen LogP contribution in [0.1, 0.15) is 32.0 Å². The van der Waals surface area contributed by atoms with Gasteiger partial charge in [-0.1, -0.05) is 30.3 Å². The average molecular weight is 538 g/mol. The molecule has 0 bridgehead atoms. The topological polar surface area (TPSA) is 156 Å². The van der Waals surface area contributed by atoms with E-state index in [2.05, 4.69) is 21.5 Å². The second-order valence-electron chi connectivity index (χ2n) is 9.33. The molecule has 1 amide bonds. The summed E-state index contributed by atoms with van der Waals surface area (Å²) < 4.78 is 35.1. The van der Waals surface area contributed by atoms with Crippen LogP contribution in [-0.4, -0.2) is 64.2 Å². The lowest BCUT2D eigenvalue weighted by molar-refractivity contribution is -0.205. The van der Waals surface area contributed by atoms with E-state index in [1.54, 1.807) is 32.9 Å². The highest BCUT2D eigenvalue weighted by atomic mass is 16.8. The standard InChI is InChI=1S/C26H27N5O8/c1-4-34-24(33)36-13-18-20-21(39-25(2,3)38-20)26(14-27,37-18)19-11-10-17-22(28-15-29-31(17)19)30-23(32)35-12-16-8-6-5-7-9-16/h5-11,15,18,20-21H,4,12-13H2,1-3H3,(H,28,29,30,32)/t18-,20-,21-,26+/m1/s1. The van der Waals surface area contributed by atoms with E-state index in [4.69, 9.17) is 28.4 Å². The van der Waals surface area contributed by atoms with Gasteiger partial charge in [0, 0.05) is 0 Å². The fraction of sp³-hybridized carbons (Fsp3) is 0.423. The molecular weight excluding hydrogens is 510 g/mol. The molecule has 2 aliphatic heterocycles. The number of nitrogens with zero attached hydrogens (tertiary/aromatic N) is 4. The molecule has 0 unspecified atom stereocenters. The van der Waals surface area contributed by atoms with E-state index < -0.39 is 41.9 Å². The number of fused-ring (bicyclic) bond motifs is 2. The van der Waals surface area contributed by atoms with Crippen LogP contribution in [0.4, 0.5) is 15.4 Å². The molecule has 2 aromatic heterocycles. The summed E-state index contributed by atoms with van der Waals surface area (Å²) >= 11 is 0. The van der Waals surface area contributed by atoms with Gasteiger partial charge in [-0.3, -0.25) is 5.32 Å². The zero-order valence-electron chi connectivity index (χ0n) is 21.5.